The summed E-state index contributed by atoms with van der Waals surface area (Å²) in [5, 5.41) is 19.4. The van der Waals surface area contributed by atoms with Crippen LogP contribution >= 0.6 is 0 Å². The van der Waals surface area contributed by atoms with Crippen LogP contribution in [0.3, 0.4) is 0 Å². The Hall–Kier alpha value is -2.62. The lowest BCUT2D eigenvalue weighted by molar-refractivity contribution is -0.151. The summed E-state index contributed by atoms with van der Waals surface area (Å²) >= 11 is 0. The predicted molar refractivity (Wildman–Crippen MR) is 87.6 cm³/mol. The van der Waals surface area contributed by atoms with Crippen molar-refractivity contribution >= 4 is 11.9 Å². The maximum atomic E-state index is 12.3. The van der Waals surface area contributed by atoms with Gasteiger partial charge in [0.2, 0.25) is 0 Å². The van der Waals surface area contributed by atoms with Crippen molar-refractivity contribution in [2.24, 2.45) is 0 Å². The van der Waals surface area contributed by atoms with Gasteiger partial charge in [-0.3, -0.25) is 9.59 Å². The van der Waals surface area contributed by atoms with Crippen LogP contribution in [0.4, 0.5) is 0 Å². The molecule has 4 nitrogen and oxygen atoms in total. The Morgan fingerprint density at radius 1 is 1.00 bits per heavy atom. The van der Waals surface area contributed by atoms with Crippen LogP contribution in [0.15, 0.2) is 54.6 Å². The standard InChI is InChI=1S/C19H20O4/c1-13-8-6-7-11-16(13)19(18(22)23,12-17(20)21)14(2)15-9-4-3-5-10-15/h3-11,14H,12H2,1-2H3,(H,20,21)(H,22,23). The Morgan fingerprint density at radius 2 is 1.57 bits per heavy atom. The van der Waals surface area contributed by atoms with E-state index < -0.39 is 29.7 Å². The van der Waals surface area contributed by atoms with Crippen LogP contribution in [-0.4, -0.2) is 22.2 Å². The molecular weight excluding hydrogens is 292 g/mol. The van der Waals surface area contributed by atoms with Crippen molar-refractivity contribution in [2.45, 2.75) is 31.6 Å². The quantitative estimate of drug-likeness (QED) is 0.854. The van der Waals surface area contributed by atoms with Crippen molar-refractivity contribution in [3.8, 4) is 0 Å². The molecule has 0 spiro atoms. The van der Waals surface area contributed by atoms with Gasteiger partial charge in [-0.2, -0.15) is 0 Å². The maximum Gasteiger partial charge on any atom is 0.315 e. The first-order valence-corrected chi connectivity index (χ1v) is 7.46. The van der Waals surface area contributed by atoms with Crippen LogP contribution < -0.4 is 0 Å². The van der Waals surface area contributed by atoms with E-state index in [9.17, 15) is 19.8 Å². The Labute approximate surface area is 135 Å². The molecule has 2 rings (SSSR count). The third-order valence-corrected chi connectivity index (χ3v) is 4.48. The first-order valence-electron chi connectivity index (χ1n) is 7.46. The van der Waals surface area contributed by atoms with Crippen LogP contribution in [0.1, 0.15) is 36.0 Å². The molecular formula is C19H20O4. The molecule has 0 aliphatic rings. The first kappa shape index (κ1) is 16.7. The topological polar surface area (TPSA) is 74.6 Å². The van der Waals surface area contributed by atoms with Gasteiger partial charge >= 0.3 is 11.9 Å². The van der Waals surface area contributed by atoms with E-state index in [2.05, 4.69) is 0 Å². The Kier molecular flexibility index (Phi) is 4.84. The highest BCUT2D eigenvalue weighted by Crippen LogP contribution is 2.43. The molecule has 0 amide bonds. The zero-order valence-corrected chi connectivity index (χ0v) is 13.2. The lowest BCUT2D eigenvalue weighted by atomic mass is 9.65. The Bertz CT molecular complexity index is 708. The summed E-state index contributed by atoms with van der Waals surface area (Å²) in [5.41, 5.74) is 0.614. The molecule has 23 heavy (non-hydrogen) atoms. The molecule has 4 heteroatoms. The van der Waals surface area contributed by atoms with Crippen LogP contribution in [0.5, 0.6) is 0 Å². The second-order valence-corrected chi connectivity index (χ2v) is 5.79. The number of rotatable bonds is 6. The van der Waals surface area contributed by atoms with Crippen molar-refractivity contribution in [2.75, 3.05) is 0 Å². The molecule has 120 valence electrons. The molecule has 0 saturated heterocycles. The predicted octanol–water partition coefficient (Wildman–Crippen LogP) is 3.60. The Morgan fingerprint density at radius 3 is 2.09 bits per heavy atom. The number of benzene rings is 2. The summed E-state index contributed by atoms with van der Waals surface area (Å²) in [6.45, 7) is 3.59. The molecule has 0 aliphatic heterocycles. The molecule has 2 N–H and O–H groups in total. The number of carboxylic acid groups (broad SMARTS) is 2. The lowest BCUT2D eigenvalue weighted by Gasteiger charge is -2.36. The van der Waals surface area contributed by atoms with E-state index in [0.717, 1.165) is 11.1 Å². The third kappa shape index (κ3) is 3.11. The molecule has 0 heterocycles. The fourth-order valence-electron chi connectivity index (χ4n) is 3.20. The molecule has 2 unspecified atom stereocenters. The largest absolute Gasteiger partial charge is 0.481 e. The number of hydrogen-bond donors (Lipinski definition) is 2. The van der Waals surface area contributed by atoms with Crippen LogP contribution in [0.2, 0.25) is 0 Å². The van der Waals surface area contributed by atoms with E-state index in [1.165, 1.54) is 0 Å². The average Bonchev–Trinajstić information content (AvgIpc) is 2.53. The highest BCUT2D eigenvalue weighted by Gasteiger charge is 2.48. The van der Waals surface area contributed by atoms with Gasteiger partial charge in [-0.25, -0.2) is 0 Å². The van der Waals surface area contributed by atoms with Gasteiger partial charge in [0, 0.05) is 5.92 Å². The minimum absolute atomic E-state index is 0.469. The summed E-state index contributed by atoms with van der Waals surface area (Å²) in [6, 6.07) is 16.3. The Balaban J connectivity index is 2.70. The van der Waals surface area contributed by atoms with E-state index >= 15 is 0 Å². The number of carbonyl (C=O) groups is 2. The molecule has 0 bridgehead atoms. The van der Waals surface area contributed by atoms with Gasteiger partial charge in [0.25, 0.3) is 0 Å². The first-order chi connectivity index (χ1) is 10.9. The van der Waals surface area contributed by atoms with E-state index in [0.29, 0.717) is 5.56 Å². The van der Waals surface area contributed by atoms with Crippen molar-refractivity contribution < 1.29 is 19.8 Å². The average molecular weight is 312 g/mol. The van der Waals surface area contributed by atoms with E-state index in [1.54, 1.807) is 19.1 Å². The normalized spacial score (nSPS) is 14.7. The number of hydrogen-bond acceptors (Lipinski definition) is 2. The smallest absolute Gasteiger partial charge is 0.315 e. The molecule has 2 aromatic rings. The van der Waals surface area contributed by atoms with Crippen LogP contribution in [-0.2, 0) is 15.0 Å². The molecule has 0 saturated carbocycles. The van der Waals surface area contributed by atoms with Gasteiger partial charge in [0.1, 0.15) is 5.41 Å². The monoisotopic (exact) mass is 312 g/mol. The highest BCUT2D eigenvalue weighted by atomic mass is 16.4. The summed E-state index contributed by atoms with van der Waals surface area (Å²) in [7, 11) is 0. The van der Waals surface area contributed by atoms with Gasteiger partial charge in [-0.15, -0.1) is 0 Å². The molecule has 0 radical (unpaired) electrons. The zero-order valence-electron chi connectivity index (χ0n) is 13.2. The van der Waals surface area contributed by atoms with Crippen molar-refractivity contribution in [1.82, 2.24) is 0 Å². The summed E-state index contributed by atoms with van der Waals surface area (Å²) in [4.78, 5) is 23.7. The fourth-order valence-corrected chi connectivity index (χ4v) is 3.20. The van der Waals surface area contributed by atoms with Crippen LogP contribution in [0, 0.1) is 6.92 Å². The minimum Gasteiger partial charge on any atom is -0.481 e. The van der Waals surface area contributed by atoms with Crippen molar-refractivity contribution in [1.29, 1.82) is 0 Å². The maximum absolute atomic E-state index is 12.3. The van der Waals surface area contributed by atoms with Gasteiger partial charge in [-0.1, -0.05) is 61.5 Å². The van der Waals surface area contributed by atoms with E-state index in [1.807, 2.05) is 49.4 Å². The zero-order chi connectivity index (χ0) is 17.0. The minimum atomic E-state index is -1.52. The summed E-state index contributed by atoms with van der Waals surface area (Å²) < 4.78 is 0. The van der Waals surface area contributed by atoms with Gasteiger partial charge in [0.15, 0.2) is 0 Å². The van der Waals surface area contributed by atoms with E-state index in [-0.39, 0.29) is 0 Å². The van der Waals surface area contributed by atoms with Gasteiger partial charge in [0.05, 0.1) is 6.42 Å². The molecule has 0 aromatic heterocycles. The number of aliphatic carboxylic acids is 2. The molecule has 2 atom stereocenters. The number of aryl methyl sites for hydroxylation is 1. The molecule has 0 fully saturated rings. The van der Waals surface area contributed by atoms with Gasteiger partial charge < -0.3 is 10.2 Å². The highest BCUT2D eigenvalue weighted by molar-refractivity contribution is 5.88. The SMILES string of the molecule is Cc1ccccc1C(CC(=O)O)(C(=O)O)C(C)c1ccccc1. The second kappa shape index (κ2) is 6.65. The van der Waals surface area contributed by atoms with E-state index in [4.69, 9.17) is 0 Å². The third-order valence-electron chi connectivity index (χ3n) is 4.48. The number of carboxylic acids is 2. The van der Waals surface area contributed by atoms with Crippen molar-refractivity contribution in [3.05, 3.63) is 71.3 Å². The van der Waals surface area contributed by atoms with Gasteiger partial charge in [-0.05, 0) is 23.6 Å². The molecule has 2 aromatic carbocycles. The summed E-state index contributed by atoms with van der Waals surface area (Å²) in [6.07, 6.45) is -0.469. The fraction of sp³-hybridized carbons (Fsp3) is 0.263. The molecule has 0 aliphatic carbocycles. The summed E-state index contributed by atoms with van der Waals surface area (Å²) in [5.74, 6) is -2.73. The van der Waals surface area contributed by atoms with Crippen LogP contribution in [0.25, 0.3) is 0 Å². The van der Waals surface area contributed by atoms with Crippen molar-refractivity contribution in [3.63, 3.8) is 0 Å². The lowest BCUT2D eigenvalue weighted by Crippen LogP contribution is -2.43. The second-order valence-electron chi connectivity index (χ2n) is 5.79.